The fourth-order valence-electron chi connectivity index (χ4n) is 4.45. The van der Waals surface area contributed by atoms with Crippen LogP contribution in [-0.2, 0) is 22.6 Å². The fourth-order valence-corrected chi connectivity index (χ4v) is 4.45. The zero-order valence-electron chi connectivity index (χ0n) is 18.7. The van der Waals surface area contributed by atoms with E-state index in [1.54, 1.807) is 12.0 Å². The maximum absolute atomic E-state index is 12.8. The molecular weight excluding hydrogens is 392 g/mol. The summed E-state index contributed by atoms with van der Waals surface area (Å²) in [5, 5.41) is 0. The van der Waals surface area contributed by atoms with Crippen molar-refractivity contribution in [3.05, 3.63) is 46.9 Å². The molecule has 7 heteroatoms. The Morgan fingerprint density at radius 2 is 2.10 bits per heavy atom. The average molecular weight is 423 g/mol. The van der Waals surface area contributed by atoms with Crippen molar-refractivity contribution < 1.29 is 14.3 Å². The summed E-state index contributed by atoms with van der Waals surface area (Å²) in [6.07, 6.45) is 2.22. The number of ether oxygens (including phenoxy) is 1. The third-order valence-corrected chi connectivity index (χ3v) is 6.16. The van der Waals surface area contributed by atoms with E-state index in [0.29, 0.717) is 25.3 Å². The summed E-state index contributed by atoms with van der Waals surface area (Å²) in [5.41, 5.74) is 2.75. The highest BCUT2D eigenvalue weighted by atomic mass is 16.5. The molecule has 0 bridgehead atoms. The second-order valence-corrected chi connectivity index (χ2v) is 8.76. The van der Waals surface area contributed by atoms with Crippen LogP contribution in [0.3, 0.4) is 0 Å². The second kappa shape index (κ2) is 8.65. The molecule has 2 aliphatic rings. The molecule has 164 valence electrons. The molecule has 2 aliphatic heterocycles. The highest BCUT2D eigenvalue weighted by Crippen LogP contribution is 2.34. The molecule has 31 heavy (non-hydrogen) atoms. The highest BCUT2D eigenvalue weighted by molar-refractivity contribution is 6.00. The van der Waals surface area contributed by atoms with Gasteiger partial charge in [-0.1, -0.05) is 26.0 Å². The summed E-state index contributed by atoms with van der Waals surface area (Å²) in [5.74, 6) is 2.50. The zero-order valence-corrected chi connectivity index (χ0v) is 18.7. The maximum atomic E-state index is 12.8. The molecule has 4 rings (SSSR count). The van der Waals surface area contributed by atoms with Crippen molar-refractivity contribution in [3.63, 3.8) is 0 Å². The lowest BCUT2D eigenvalue weighted by molar-refractivity contribution is -0.135. The second-order valence-electron chi connectivity index (χ2n) is 8.76. The van der Waals surface area contributed by atoms with Gasteiger partial charge < -0.3 is 9.64 Å². The number of fused-ring (bicyclic) bond motifs is 1. The van der Waals surface area contributed by atoms with E-state index in [-0.39, 0.29) is 23.7 Å². The molecule has 1 fully saturated rings. The number of amides is 2. The minimum absolute atomic E-state index is 0.0163. The smallest absolute Gasteiger partial charge is 0.233 e. The van der Waals surface area contributed by atoms with Gasteiger partial charge in [-0.2, -0.15) is 0 Å². The van der Waals surface area contributed by atoms with Gasteiger partial charge in [-0.15, -0.1) is 0 Å². The summed E-state index contributed by atoms with van der Waals surface area (Å²) < 4.78 is 5.32. The first kappa shape index (κ1) is 21.3. The number of benzene rings is 1. The molecular formula is C24H30N4O3. The van der Waals surface area contributed by atoms with Crippen molar-refractivity contribution in [2.75, 3.05) is 25.1 Å². The van der Waals surface area contributed by atoms with Gasteiger partial charge in [-0.3, -0.25) is 14.5 Å². The number of piperidine rings is 1. The predicted molar refractivity (Wildman–Crippen MR) is 118 cm³/mol. The third-order valence-electron chi connectivity index (χ3n) is 6.16. The van der Waals surface area contributed by atoms with Gasteiger partial charge in [0.05, 0.1) is 20.1 Å². The lowest BCUT2D eigenvalue weighted by atomic mass is 9.95. The quantitative estimate of drug-likeness (QED) is 0.739. The van der Waals surface area contributed by atoms with Crippen LogP contribution in [-0.4, -0.2) is 46.9 Å². The van der Waals surface area contributed by atoms with Gasteiger partial charge in [0.25, 0.3) is 0 Å². The number of likely N-dealkylation sites (tertiary alicyclic amines) is 1. The Labute approximate surface area is 183 Å². The Hall–Kier alpha value is -2.96. The van der Waals surface area contributed by atoms with Crippen LogP contribution in [0.4, 0.5) is 5.82 Å². The molecule has 0 spiro atoms. The number of carbonyl (C=O) groups is 2. The van der Waals surface area contributed by atoms with Crippen LogP contribution >= 0.6 is 0 Å². The maximum Gasteiger partial charge on any atom is 0.233 e. The molecule has 1 aromatic heterocycles. The third kappa shape index (κ3) is 4.27. The number of carbonyl (C=O) groups excluding carboxylic acids is 2. The highest BCUT2D eigenvalue weighted by Gasteiger charge is 2.34. The van der Waals surface area contributed by atoms with E-state index >= 15 is 0 Å². The molecule has 1 saturated heterocycles. The normalized spacial score (nSPS) is 18.5. The van der Waals surface area contributed by atoms with E-state index in [1.807, 2.05) is 49.9 Å². The van der Waals surface area contributed by atoms with Gasteiger partial charge in [-0.05, 0) is 37.5 Å². The predicted octanol–water partition coefficient (Wildman–Crippen LogP) is 3.24. The molecule has 0 saturated carbocycles. The lowest BCUT2D eigenvalue weighted by Gasteiger charge is -2.33. The zero-order chi connectivity index (χ0) is 22.1. The van der Waals surface area contributed by atoms with Crippen LogP contribution in [0.2, 0.25) is 0 Å². The van der Waals surface area contributed by atoms with E-state index < -0.39 is 0 Å². The monoisotopic (exact) mass is 422 g/mol. The molecule has 3 heterocycles. The first-order valence-electron chi connectivity index (χ1n) is 11.0. The summed E-state index contributed by atoms with van der Waals surface area (Å²) in [4.78, 5) is 38.6. The van der Waals surface area contributed by atoms with Gasteiger partial charge in [0.1, 0.15) is 17.4 Å². The SMILES string of the molecule is COc1cccc(CN2C(=O)Cc3c(C)nc([C@@H]4CCCN(C(=O)C(C)C)C4)nc32)c1. The van der Waals surface area contributed by atoms with Crippen molar-refractivity contribution in [2.24, 2.45) is 5.92 Å². The van der Waals surface area contributed by atoms with Gasteiger partial charge in [-0.25, -0.2) is 9.97 Å². The Morgan fingerprint density at radius 1 is 1.29 bits per heavy atom. The number of methoxy groups -OCH3 is 1. The number of hydrogen-bond acceptors (Lipinski definition) is 5. The molecule has 0 aliphatic carbocycles. The molecule has 7 nitrogen and oxygen atoms in total. The average Bonchev–Trinajstić information content (AvgIpc) is 3.09. The van der Waals surface area contributed by atoms with Crippen LogP contribution in [0.5, 0.6) is 5.75 Å². The van der Waals surface area contributed by atoms with Crippen LogP contribution in [0.1, 0.15) is 55.3 Å². The Balaban J connectivity index is 1.61. The number of nitrogens with zero attached hydrogens (tertiary/aromatic N) is 4. The van der Waals surface area contributed by atoms with Crippen LogP contribution in [0, 0.1) is 12.8 Å². The number of aryl methyl sites for hydroxylation is 1. The standard InChI is InChI=1S/C24H30N4O3/c1-15(2)24(30)27-10-6-8-18(14-27)22-25-16(3)20-12-21(29)28(23(20)26-22)13-17-7-5-9-19(11-17)31-4/h5,7,9,11,15,18H,6,8,10,12-14H2,1-4H3/t18-/m1/s1. The van der Waals surface area contributed by atoms with Gasteiger partial charge in [0.15, 0.2) is 0 Å². The van der Waals surface area contributed by atoms with Crippen molar-refractivity contribution in [2.45, 2.75) is 52.5 Å². The van der Waals surface area contributed by atoms with E-state index in [2.05, 4.69) is 0 Å². The van der Waals surface area contributed by atoms with E-state index in [0.717, 1.165) is 47.8 Å². The van der Waals surface area contributed by atoms with Gasteiger partial charge in [0.2, 0.25) is 11.8 Å². The van der Waals surface area contributed by atoms with Crippen molar-refractivity contribution in [3.8, 4) is 5.75 Å². The number of hydrogen-bond donors (Lipinski definition) is 0. The number of rotatable bonds is 5. The van der Waals surface area contributed by atoms with Crippen LogP contribution in [0.25, 0.3) is 0 Å². The van der Waals surface area contributed by atoms with Crippen molar-refractivity contribution in [1.29, 1.82) is 0 Å². The van der Waals surface area contributed by atoms with E-state index in [4.69, 9.17) is 14.7 Å². The Morgan fingerprint density at radius 3 is 2.84 bits per heavy atom. The minimum atomic E-state index is -0.0163. The molecule has 2 amide bonds. The molecule has 1 atom stereocenters. The molecule has 0 radical (unpaired) electrons. The van der Waals surface area contributed by atoms with E-state index in [1.165, 1.54) is 0 Å². The van der Waals surface area contributed by atoms with Crippen LogP contribution < -0.4 is 9.64 Å². The van der Waals surface area contributed by atoms with E-state index in [9.17, 15) is 9.59 Å². The summed E-state index contributed by atoms with van der Waals surface area (Å²) in [6.45, 7) is 7.69. The minimum Gasteiger partial charge on any atom is -0.497 e. The first-order chi connectivity index (χ1) is 14.9. The molecule has 0 unspecified atom stereocenters. The van der Waals surface area contributed by atoms with Crippen LogP contribution in [0.15, 0.2) is 24.3 Å². The summed E-state index contributed by atoms with van der Waals surface area (Å²) >= 11 is 0. The number of anilines is 1. The Bertz CT molecular complexity index is 1000. The topological polar surface area (TPSA) is 75.6 Å². The first-order valence-corrected chi connectivity index (χ1v) is 11.0. The Kier molecular flexibility index (Phi) is 5.94. The molecule has 2 aromatic rings. The number of aromatic nitrogens is 2. The fraction of sp³-hybridized carbons (Fsp3) is 0.500. The van der Waals surface area contributed by atoms with Gasteiger partial charge >= 0.3 is 0 Å². The summed E-state index contributed by atoms with van der Waals surface area (Å²) in [6, 6.07) is 7.74. The largest absolute Gasteiger partial charge is 0.497 e. The van der Waals surface area contributed by atoms with Crippen molar-refractivity contribution in [1.82, 2.24) is 14.9 Å². The van der Waals surface area contributed by atoms with Gasteiger partial charge in [0, 0.05) is 36.2 Å². The lowest BCUT2D eigenvalue weighted by Crippen LogP contribution is -2.41. The van der Waals surface area contributed by atoms with Crippen molar-refractivity contribution >= 4 is 17.6 Å². The molecule has 0 N–H and O–H groups in total. The summed E-state index contributed by atoms with van der Waals surface area (Å²) in [7, 11) is 1.63. The molecule has 1 aromatic carbocycles.